The van der Waals surface area contributed by atoms with E-state index in [0.29, 0.717) is 41.0 Å². The maximum Gasteiger partial charge on any atom is 0.164 e. The zero-order chi connectivity index (χ0) is 21.7. The molecule has 0 saturated heterocycles. The van der Waals surface area contributed by atoms with Gasteiger partial charge in [0.1, 0.15) is 11.6 Å². The van der Waals surface area contributed by atoms with Crippen molar-refractivity contribution in [1.29, 1.82) is 0 Å². The summed E-state index contributed by atoms with van der Waals surface area (Å²) in [7, 11) is 3.17. The number of aryl methyl sites for hydroxylation is 1. The number of aromatic nitrogens is 2. The van der Waals surface area contributed by atoms with Crippen LogP contribution in [0.25, 0.3) is 5.57 Å². The Kier molecular flexibility index (Phi) is 6.51. The number of methoxy groups -OCH3 is 2. The Morgan fingerprint density at radius 3 is 2.33 bits per heavy atom. The van der Waals surface area contributed by atoms with Crippen molar-refractivity contribution in [3.63, 3.8) is 0 Å². The minimum atomic E-state index is -0.262. The molecule has 0 atom stereocenters. The Morgan fingerprint density at radius 1 is 1.00 bits per heavy atom. The largest absolute Gasteiger partial charge is 0.493 e. The van der Waals surface area contributed by atoms with Crippen molar-refractivity contribution in [2.24, 2.45) is 5.73 Å². The lowest BCUT2D eigenvalue weighted by Gasteiger charge is -2.14. The smallest absolute Gasteiger partial charge is 0.164 e. The molecule has 0 fully saturated rings. The fraction of sp³-hybridized carbons (Fsp3) is 0.217. The summed E-state index contributed by atoms with van der Waals surface area (Å²) in [6, 6.07) is 13.7. The maximum atomic E-state index is 13.1. The van der Waals surface area contributed by atoms with Gasteiger partial charge in [0.2, 0.25) is 0 Å². The van der Waals surface area contributed by atoms with Gasteiger partial charge in [0.05, 0.1) is 14.2 Å². The number of benzene rings is 2. The van der Waals surface area contributed by atoms with E-state index in [-0.39, 0.29) is 5.82 Å². The van der Waals surface area contributed by atoms with Gasteiger partial charge in [-0.05, 0) is 49.2 Å². The van der Waals surface area contributed by atoms with Crippen LogP contribution >= 0.6 is 0 Å². The molecule has 6 nitrogen and oxygen atoms in total. The molecule has 0 aliphatic heterocycles. The van der Waals surface area contributed by atoms with E-state index in [9.17, 15) is 4.39 Å². The third kappa shape index (κ3) is 4.86. The van der Waals surface area contributed by atoms with Crippen LogP contribution in [0.15, 0.2) is 54.2 Å². The van der Waals surface area contributed by atoms with Crippen LogP contribution in [-0.4, -0.2) is 24.2 Å². The summed E-state index contributed by atoms with van der Waals surface area (Å²) in [5.74, 6) is 2.12. The minimum absolute atomic E-state index is 0.262. The van der Waals surface area contributed by atoms with Crippen molar-refractivity contribution < 1.29 is 13.9 Å². The van der Waals surface area contributed by atoms with Gasteiger partial charge in [-0.3, -0.25) is 0 Å². The molecule has 1 heterocycles. The second kappa shape index (κ2) is 9.26. The third-order valence-electron chi connectivity index (χ3n) is 4.53. The summed E-state index contributed by atoms with van der Waals surface area (Å²) in [6.07, 6.45) is 0. The molecule has 0 amide bonds. The highest BCUT2D eigenvalue weighted by molar-refractivity contribution is 5.79. The number of allylic oxidation sites excluding steroid dienone is 1. The van der Waals surface area contributed by atoms with E-state index in [1.807, 2.05) is 38.1 Å². The van der Waals surface area contributed by atoms with Crippen molar-refractivity contribution in [1.82, 2.24) is 9.97 Å². The lowest BCUT2D eigenvalue weighted by molar-refractivity contribution is 0.355. The van der Waals surface area contributed by atoms with E-state index < -0.39 is 0 Å². The molecular formula is C23H25FN4O2. The zero-order valence-corrected chi connectivity index (χ0v) is 17.5. The molecule has 0 aliphatic carbocycles. The number of nitrogens with two attached hydrogens (primary N) is 1. The Labute approximate surface area is 175 Å². The number of rotatable bonds is 7. The number of nitrogens with one attached hydrogen (secondary N) is 1. The van der Waals surface area contributed by atoms with Crippen LogP contribution in [0.4, 0.5) is 10.2 Å². The summed E-state index contributed by atoms with van der Waals surface area (Å²) >= 11 is 0. The van der Waals surface area contributed by atoms with Crippen LogP contribution in [0.2, 0.25) is 0 Å². The van der Waals surface area contributed by atoms with Gasteiger partial charge in [-0.15, -0.1) is 0 Å². The van der Waals surface area contributed by atoms with Crippen molar-refractivity contribution >= 4 is 11.4 Å². The Bertz CT molecular complexity index is 1060. The van der Waals surface area contributed by atoms with E-state index in [0.717, 1.165) is 16.8 Å². The number of hydrogen-bond donors (Lipinski definition) is 2. The summed E-state index contributed by atoms with van der Waals surface area (Å²) in [5.41, 5.74) is 10.1. The van der Waals surface area contributed by atoms with Crippen molar-refractivity contribution in [3.05, 3.63) is 82.7 Å². The molecule has 2 aromatic carbocycles. The first kappa shape index (κ1) is 21.1. The molecule has 1 aromatic heterocycles. The molecule has 30 heavy (non-hydrogen) atoms. The van der Waals surface area contributed by atoms with Gasteiger partial charge in [-0.1, -0.05) is 18.2 Å². The highest BCUT2D eigenvalue weighted by Gasteiger charge is 2.15. The molecule has 0 radical (unpaired) electrons. The SMILES string of the molecule is COc1ccc(C(=C(C)N)c2nc(C)cc(NCc3ccc(F)cc3)n2)cc1OC. The van der Waals surface area contributed by atoms with Crippen LogP contribution in [-0.2, 0) is 6.54 Å². The fourth-order valence-electron chi connectivity index (χ4n) is 3.09. The molecule has 156 valence electrons. The molecule has 3 N–H and O–H groups in total. The predicted molar refractivity (Wildman–Crippen MR) is 116 cm³/mol. The number of nitrogens with zero attached hydrogens (tertiary/aromatic N) is 2. The van der Waals surface area contributed by atoms with Gasteiger partial charge in [0.25, 0.3) is 0 Å². The van der Waals surface area contributed by atoms with Gasteiger partial charge < -0.3 is 20.5 Å². The van der Waals surface area contributed by atoms with E-state index >= 15 is 0 Å². The van der Waals surface area contributed by atoms with Gasteiger partial charge in [0, 0.05) is 29.6 Å². The van der Waals surface area contributed by atoms with Crippen molar-refractivity contribution in [2.75, 3.05) is 19.5 Å². The average molecular weight is 408 g/mol. The molecular weight excluding hydrogens is 383 g/mol. The second-order valence-corrected chi connectivity index (χ2v) is 6.83. The van der Waals surface area contributed by atoms with Crippen LogP contribution < -0.4 is 20.5 Å². The van der Waals surface area contributed by atoms with Gasteiger partial charge in [-0.2, -0.15) is 0 Å². The Morgan fingerprint density at radius 2 is 1.70 bits per heavy atom. The number of anilines is 1. The predicted octanol–water partition coefficient (Wildman–Crippen LogP) is 4.29. The molecule has 0 saturated carbocycles. The Balaban J connectivity index is 1.94. The molecule has 3 rings (SSSR count). The van der Waals surface area contributed by atoms with Gasteiger partial charge in [-0.25, -0.2) is 14.4 Å². The normalized spacial score (nSPS) is 11.6. The number of ether oxygens (including phenoxy) is 2. The maximum absolute atomic E-state index is 13.1. The first-order valence-electron chi connectivity index (χ1n) is 9.44. The average Bonchev–Trinajstić information content (AvgIpc) is 2.72. The summed E-state index contributed by atoms with van der Waals surface area (Å²) < 4.78 is 23.8. The van der Waals surface area contributed by atoms with Crippen LogP contribution in [0.1, 0.15) is 29.6 Å². The van der Waals surface area contributed by atoms with Crippen molar-refractivity contribution in [2.45, 2.75) is 20.4 Å². The molecule has 0 unspecified atom stereocenters. The first-order chi connectivity index (χ1) is 14.4. The van der Waals surface area contributed by atoms with Crippen LogP contribution in [0.5, 0.6) is 11.5 Å². The highest BCUT2D eigenvalue weighted by atomic mass is 19.1. The van der Waals surface area contributed by atoms with E-state index in [4.69, 9.17) is 15.2 Å². The number of halogens is 1. The lowest BCUT2D eigenvalue weighted by Crippen LogP contribution is -2.08. The summed E-state index contributed by atoms with van der Waals surface area (Å²) in [4.78, 5) is 9.24. The lowest BCUT2D eigenvalue weighted by atomic mass is 10.0. The summed E-state index contributed by atoms with van der Waals surface area (Å²) in [5, 5.41) is 3.27. The van der Waals surface area contributed by atoms with Crippen LogP contribution in [0, 0.1) is 12.7 Å². The molecule has 3 aromatic rings. The van der Waals surface area contributed by atoms with Gasteiger partial charge >= 0.3 is 0 Å². The topological polar surface area (TPSA) is 82.3 Å². The standard InChI is InChI=1S/C23H25FN4O2/c1-14-11-21(26-13-16-5-8-18(24)9-6-16)28-23(27-14)22(15(2)25)17-7-10-19(29-3)20(12-17)30-4/h5-12H,13,25H2,1-4H3,(H,26,27,28). The van der Waals surface area contributed by atoms with E-state index in [1.165, 1.54) is 12.1 Å². The number of hydrogen-bond acceptors (Lipinski definition) is 6. The quantitative estimate of drug-likeness (QED) is 0.607. The molecule has 0 aliphatic rings. The van der Waals surface area contributed by atoms with Gasteiger partial charge in [0.15, 0.2) is 17.3 Å². The minimum Gasteiger partial charge on any atom is -0.493 e. The third-order valence-corrected chi connectivity index (χ3v) is 4.53. The van der Waals surface area contributed by atoms with Crippen molar-refractivity contribution in [3.8, 4) is 11.5 Å². The van der Waals surface area contributed by atoms with E-state index in [1.54, 1.807) is 26.4 Å². The summed E-state index contributed by atoms with van der Waals surface area (Å²) in [6.45, 7) is 4.21. The first-order valence-corrected chi connectivity index (χ1v) is 9.44. The van der Waals surface area contributed by atoms with Crippen LogP contribution in [0.3, 0.4) is 0 Å². The van der Waals surface area contributed by atoms with E-state index in [2.05, 4.69) is 15.3 Å². The molecule has 7 heteroatoms. The zero-order valence-electron chi connectivity index (χ0n) is 17.5. The fourth-order valence-corrected chi connectivity index (χ4v) is 3.09. The second-order valence-electron chi connectivity index (χ2n) is 6.83. The molecule has 0 bridgehead atoms. The molecule has 0 spiro atoms. The Hall–Kier alpha value is -3.61. The highest BCUT2D eigenvalue weighted by Crippen LogP contribution is 2.33. The monoisotopic (exact) mass is 408 g/mol.